The molecule has 0 radical (unpaired) electrons. The Morgan fingerprint density at radius 3 is 2.96 bits per heavy atom. The summed E-state index contributed by atoms with van der Waals surface area (Å²) in [5, 5.41) is 8.08. The molecule has 0 spiro atoms. The van der Waals surface area contributed by atoms with Crippen LogP contribution in [0.4, 0.5) is 4.79 Å². The fourth-order valence-electron chi connectivity index (χ4n) is 3.96. The van der Waals surface area contributed by atoms with E-state index in [0.29, 0.717) is 6.04 Å². The molecule has 5 nitrogen and oxygen atoms in total. The second kappa shape index (κ2) is 5.98. The average Bonchev–Trinajstić information content (AvgIpc) is 3.01. The Morgan fingerprint density at radius 1 is 1.33 bits per heavy atom. The maximum absolute atomic E-state index is 12.3. The molecule has 0 saturated carbocycles. The second-order valence-corrected chi connectivity index (χ2v) is 6.56. The van der Waals surface area contributed by atoms with E-state index in [0.717, 1.165) is 26.1 Å². The summed E-state index contributed by atoms with van der Waals surface area (Å²) >= 11 is 0. The van der Waals surface area contributed by atoms with Crippen LogP contribution in [0.3, 0.4) is 0 Å². The van der Waals surface area contributed by atoms with Crippen LogP contribution in [0.1, 0.15) is 25.0 Å². The largest absolute Gasteiger partial charge is 0.361 e. The molecule has 126 valence electrons. The first kappa shape index (κ1) is 15.3. The number of hydrogen-bond donors (Lipinski definition) is 3. The SMILES string of the molecule is CCN(CC)C(=O)N[C@@H]1C=C2c3cccc4[nH]cc(c34)C[C@H]2NC1. The third-order valence-corrected chi connectivity index (χ3v) is 5.22. The Labute approximate surface area is 142 Å². The van der Waals surface area contributed by atoms with Crippen LogP contribution in [0.5, 0.6) is 0 Å². The van der Waals surface area contributed by atoms with E-state index in [1.54, 1.807) is 0 Å². The molecule has 2 aromatic rings. The van der Waals surface area contributed by atoms with Crippen LogP contribution >= 0.6 is 0 Å². The van der Waals surface area contributed by atoms with E-state index in [1.807, 2.05) is 18.7 Å². The highest BCUT2D eigenvalue weighted by atomic mass is 16.2. The minimum Gasteiger partial charge on any atom is -0.361 e. The Morgan fingerprint density at radius 2 is 2.17 bits per heavy atom. The highest BCUT2D eigenvalue weighted by molar-refractivity contribution is 5.98. The summed E-state index contributed by atoms with van der Waals surface area (Å²) in [6.45, 7) is 6.25. The summed E-state index contributed by atoms with van der Waals surface area (Å²) in [4.78, 5) is 17.5. The van der Waals surface area contributed by atoms with Crippen LogP contribution in [0.25, 0.3) is 16.5 Å². The van der Waals surface area contributed by atoms with Gasteiger partial charge in [-0.3, -0.25) is 0 Å². The Balaban J connectivity index is 1.65. The zero-order chi connectivity index (χ0) is 16.7. The molecule has 2 atom stereocenters. The smallest absolute Gasteiger partial charge is 0.317 e. The summed E-state index contributed by atoms with van der Waals surface area (Å²) < 4.78 is 0. The van der Waals surface area contributed by atoms with Gasteiger partial charge in [0.25, 0.3) is 0 Å². The fourth-order valence-corrected chi connectivity index (χ4v) is 3.96. The van der Waals surface area contributed by atoms with Gasteiger partial charge in [0.05, 0.1) is 6.04 Å². The van der Waals surface area contributed by atoms with Gasteiger partial charge in [0, 0.05) is 42.8 Å². The highest BCUT2D eigenvalue weighted by Crippen LogP contribution is 2.37. The van der Waals surface area contributed by atoms with Gasteiger partial charge in [0.2, 0.25) is 0 Å². The third kappa shape index (κ3) is 2.40. The zero-order valence-corrected chi connectivity index (χ0v) is 14.2. The molecule has 1 aromatic carbocycles. The Bertz CT molecular complexity index is 803. The summed E-state index contributed by atoms with van der Waals surface area (Å²) in [5.41, 5.74) is 5.16. The highest BCUT2D eigenvalue weighted by Gasteiger charge is 2.30. The van der Waals surface area contributed by atoms with Gasteiger partial charge in [0.15, 0.2) is 0 Å². The lowest BCUT2D eigenvalue weighted by Crippen LogP contribution is -2.52. The van der Waals surface area contributed by atoms with Crippen LogP contribution in [-0.2, 0) is 6.42 Å². The molecule has 24 heavy (non-hydrogen) atoms. The van der Waals surface area contributed by atoms with Crippen molar-refractivity contribution < 1.29 is 4.79 Å². The van der Waals surface area contributed by atoms with Crippen molar-refractivity contribution in [2.75, 3.05) is 19.6 Å². The van der Waals surface area contributed by atoms with Crippen LogP contribution in [0, 0.1) is 0 Å². The lowest BCUT2D eigenvalue weighted by molar-refractivity contribution is 0.200. The number of aromatic nitrogens is 1. The van der Waals surface area contributed by atoms with E-state index >= 15 is 0 Å². The van der Waals surface area contributed by atoms with Gasteiger partial charge in [-0.2, -0.15) is 0 Å². The van der Waals surface area contributed by atoms with Crippen molar-refractivity contribution >= 4 is 22.5 Å². The number of nitrogens with one attached hydrogen (secondary N) is 3. The number of rotatable bonds is 3. The maximum atomic E-state index is 12.3. The first-order valence-electron chi connectivity index (χ1n) is 8.81. The number of fused-ring (bicyclic) bond motifs is 2. The first-order valence-corrected chi connectivity index (χ1v) is 8.81. The summed E-state index contributed by atoms with van der Waals surface area (Å²) in [5.74, 6) is 0. The molecular formula is C19H24N4O. The number of hydrogen-bond acceptors (Lipinski definition) is 2. The lowest BCUT2D eigenvalue weighted by Gasteiger charge is -2.34. The maximum Gasteiger partial charge on any atom is 0.317 e. The van der Waals surface area contributed by atoms with Crippen LogP contribution in [0.15, 0.2) is 30.5 Å². The topological polar surface area (TPSA) is 60.2 Å². The summed E-state index contributed by atoms with van der Waals surface area (Å²) in [7, 11) is 0. The molecule has 2 aliphatic rings. The number of carbonyl (C=O) groups excluding carboxylic acids is 1. The molecule has 3 N–H and O–H groups in total. The molecule has 2 heterocycles. The number of carbonyl (C=O) groups is 1. The second-order valence-electron chi connectivity index (χ2n) is 6.56. The monoisotopic (exact) mass is 324 g/mol. The summed E-state index contributed by atoms with van der Waals surface area (Å²) in [6.07, 6.45) is 5.37. The number of amides is 2. The number of benzene rings is 1. The molecule has 5 heteroatoms. The van der Waals surface area contributed by atoms with Crippen LogP contribution in [-0.4, -0.2) is 47.6 Å². The standard InChI is InChI=1S/C19H24N4O/c1-3-23(4-2)19(24)22-13-9-15-14-6-5-7-16-18(14)12(10-20-16)8-17(15)21-11-13/h5-7,9-10,13,17,20-21H,3-4,8,11H2,1-2H3,(H,22,24)/t13-,17-/m1/s1. The van der Waals surface area contributed by atoms with Gasteiger partial charge in [-0.25, -0.2) is 4.79 Å². The van der Waals surface area contributed by atoms with Crippen molar-refractivity contribution in [1.29, 1.82) is 0 Å². The van der Waals surface area contributed by atoms with Crippen LogP contribution in [0.2, 0.25) is 0 Å². The van der Waals surface area contributed by atoms with Crippen molar-refractivity contribution in [2.24, 2.45) is 0 Å². The molecule has 0 fully saturated rings. The lowest BCUT2D eigenvalue weighted by atomic mass is 9.82. The van der Waals surface area contributed by atoms with Crippen molar-refractivity contribution in [3.63, 3.8) is 0 Å². The summed E-state index contributed by atoms with van der Waals surface area (Å²) in [6, 6.07) is 6.78. The van der Waals surface area contributed by atoms with E-state index in [-0.39, 0.29) is 12.1 Å². The van der Waals surface area contributed by atoms with E-state index in [2.05, 4.69) is 46.1 Å². The molecule has 1 aliphatic heterocycles. The Kier molecular flexibility index (Phi) is 3.81. The molecular weight excluding hydrogens is 300 g/mol. The first-order chi connectivity index (χ1) is 11.7. The molecule has 0 bridgehead atoms. The molecule has 4 rings (SSSR count). The predicted octanol–water partition coefficient (Wildman–Crippen LogP) is 2.50. The van der Waals surface area contributed by atoms with Crippen molar-refractivity contribution in [2.45, 2.75) is 32.4 Å². The zero-order valence-electron chi connectivity index (χ0n) is 14.2. The van der Waals surface area contributed by atoms with E-state index in [4.69, 9.17) is 0 Å². The van der Waals surface area contributed by atoms with Gasteiger partial charge in [-0.1, -0.05) is 18.2 Å². The number of urea groups is 1. The minimum atomic E-state index is 0.0125. The molecule has 1 aliphatic carbocycles. The van der Waals surface area contributed by atoms with Crippen molar-refractivity contribution in [3.05, 3.63) is 41.6 Å². The van der Waals surface area contributed by atoms with Crippen molar-refractivity contribution in [1.82, 2.24) is 20.5 Å². The minimum absolute atomic E-state index is 0.0125. The fraction of sp³-hybridized carbons (Fsp3) is 0.421. The molecule has 0 unspecified atom stereocenters. The number of aromatic amines is 1. The van der Waals surface area contributed by atoms with E-state index < -0.39 is 0 Å². The van der Waals surface area contributed by atoms with Gasteiger partial charge in [0.1, 0.15) is 0 Å². The quantitative estimate of drug-likeness (QED) is 0.812. The third-order valence-electron chi connectivity index (χ3n) is 5.22. The predicted molar refractivity (Wildman–Crippen MR) is 97.0 cm³/mol. The van der Waals surface area contributed by atoms with Gasteiger partial charge >= 0.3 is 6.03 Å². The number of H-pyrrole nitrogens is 1. The Hall–Kier alpha value is -2.27. The molecule has 1 aromatic heterocycles. The normalized spacial score (nSPS) is 22.0. The molecule has 0 saturated heterocycles. The van der Waals surface area contributed by atoms with E-state index in [9.17, 15) is 4.79 Å². The average molecular weight is 324 g/mol. The van der Waals surface area contributed by atoms with E-state index in [1.165, 1.54) is 27.6 Å². The van der Waals surface area contributed by atoms with Gasteiger partial charge < -0.3 is 20.5 Å². The van der Waals surface area contributed by atoms with Gasteiger partial charge in [-0.05, 0) is 43.0 Å². The number of nitrogens with zero attached hydrogens (tertiary/aromatic N) is 1. The van der Waals surface area contributed by atoms with Gasteiger partial charge in [-0.15, -0.1) is 0 Å². The molecule has 2 amide bonds. The van der Waals surface area contributed by atoms with Crippen molar-refractivity contribution in [3.8, 4) is 0 Å². The van der Waals surface area contributed by atoms with Crippen LogP contribution < -0.4 is 10.6 Å².